The second kappa shape index (κ2) is 6.17. The lowest BCUT2D eigenvalue weighted by molar-refractivity contribution is 1.18. The lowest BCUT2D eigenvalue weighted by atomic mass is 9.85. The van der Waals surface area contributed by atoms with Gasteiger partial charge in [-0.1, -0.05) is 71.7 Å². The van der Waals surface area contributed by atoms with E-state index in [1.54, 1.807) is 0 Å². The van der Waals surface area contributed by atoms with Crippen molar-refractivity contribution in [2.45, 2.75) is 6.92 Å². The second-order valence-corrected chi connectivity index (χ2v) is 7.01. The van der Waals surface area contributed by atoms with E-state index in [1.807, 2.05) is 6.07 Å². The standard InChI is InChI=1S/C25H18BN/c1-17-11-13-20(23(26)15-17)18-12-14-25-22(16-18)21-9-5-6-10-24(21)27(25)19-7-3-2-4-8-19/h2-16H,1H3. The molecule has 0 fully saturated rings. The first-order chi connectivity index (χ1) is 13.2. The zero-order valence-corrected chi connectivity index (χ0v) is 15.2. The normalized spacial score (nSPS) is 11.3. The second-order valence-electron chi connectivity index (χ2n) is 7.01. The third kappa shape index (κ3) is 2.57. The summed E-state index contributed by atoms with van der Waals surface area (Å²) in [5, 5.41) is 2.50. The van der Waals surface area contributed by atoms with Gasteiger partial charge < -0.3 is 4.57 Å². The van der Waals surface area contributed by atoms with Gasteiger partial charge in [-0.3, -0.25) is 0 Å². The van der Waals surface area contributed by atoms with E-state index in [1.165, 1.54) is 33.1 Å². The van der Waals surface area contributed by atoms with Gasteiger partial charge in [0.15, 0.2) is 0 Å². The maximum Gasteiger partial charge on any atom is 0.114 e. The van der Waals surface area contributed by atoms with Crippen molar-refractivity contribution in [1.29, 1.82) is 0 Å². The molecule has 0 N–H and O–H groups in total. The van der Waals surface area contributed by atoms with Crippen LogP contribution in [0.3, 0.4) is 0 Å². The molecule has 0 atom stereocenters. The average Bonchev–Trinajstić information content (AvgIpc) is 3.02. The predicted octanol–water partition coefficient (Wildman–Crippen LogP) is 5.55. The monoisotopic (exact) mass is 343 g/mol. The van der Waals surface area contributed by atoms with Gasteiger partial charge in [-0.05, 0) is 48.4 Å². The van der Waals surface area contributed by atoms with E-state index in [4.69, 9.17) is 7.85 Å². The number of nitrogens with zero attached hydrogens (tertiary/aromatic N) is 1. The molecular weight excluding hydrogens is 325 g/mol. The highest BCUT2D eigenvalue weighted by molar-refractivity contribution is 6.36. The van der Waals surface area contributed by atoms with Crippen molar-refractivity contribution in [2.75, 3.05) is 0 Å². The van der Waals surface area contributed by atoms with Gasteiger partial charge in [-0.2, -0.15) is 0 Å². The Balaban J connectivity index is 1.83. The first-order valence-electron chi connectivity index (χ1n) is 9.17. The Kier molecular flexibility index (Phi) is 3.65. The molecule has 1 heterocycles. The molecule has 0 spiro atoms. The van der Waals surface area contributed by atoms with Crippen LogP contribution in [0.5, 0.6) is 0 Å². The van der Waals surface area contributed by atoms with Gasteiger partial charge in [0.2, 0.25) is 0 Å². The number of hydrogen-bond acceptors (Lipinski definition) is 0. The van der Waals surface area contributed by atoms with Crippen molar-refractivity contribution in [3.8, 4) is 16.8 Å². The number of aromatic nitrogens is 1. The summed E-state index contributed by atoms with van der Waals surface area (Å²) < 4.78 is 2.33. The van der Waals surface area contributed by atoms with Crippen molar-refractivity contribution in [3.05, 3.63) is 96.6 Å². The molecule has 1 nitrogen and oxygen atoms in total. The van der Waals surface area contributed by atoms with Crippen LogP contribution in [0.4, 0.5) is 0 Å². The quantitative estimate of drug-likeness (QED) is 0.370. The fraction of sp³-hybridized carbons (Fsp3) is 0.0400. The minimum absolute atomic E-state index is 0.821. The predicted molar refractivity (Wildman–Crippen MR) is 116 cm³/mol. The van der Waals surface area contributed by atoms with Crippen LogP contribution < -0.4 is 5.46 Å². The van der Waals surface area contributed by atoms with Crippen molar-refractivity contribution in [3.63, 3.8) is 0 Å². The Morgan fingerprint density at radius 3 is 2.22 bits per heavy atom. The molecule has 0 unspecified atom stereocenters. The first-order valence-corrected chi connectivity index (χ1v) is 9.17. The Morgan fingerprint density at radius 1 is 0.667 bits per heavy atom. The SMILES string of the molecule is [B]c1cc(C)ccc1-c1ccc2c(c1)c1ccccc1n2-c1ccccc1. The molecule has 5 rings (SSSR count). The minimum atomic E-state index is 0.821. The average molecular weight is 343 g/mol. The van der Waals surface area contributed by atoms with E-state index in [9.17, 15) is 0 Å². The van der Waals surface area contributed by atoms with Gasteiger partial charge in [0, 0.05) is 16.5 Å². The van der Waals surface area contributed by atoms with Gasteiger partial charge in [0.1, 0.15) is 7.85 Å². The largest absolute Gasteiger partial charge is 0.309 e. The number of hydrogen-bond donors (Lipinski definition) is 0. The first kappa shape index (κ1) is 16.0. The zero-order chi connectivity index (χ0) is 18.4. The minimum Gasteiger partial charge on any atom is -0.309 e. The molecule has 2 radical (unpaired) electrons. The molecule has 0 saturated carbocycles. The van der Waals surface area contributed by atoms with Crippen molar-refractivity contribution in [1.82, 2.24) is 4.57 Å². The number of rotatable bonds is 2. The van der Waals surface area contributed by atoms with E-state index in [0.29, 0.717) is 0 Å². The Bertz CT molecular complexity index is 1280. The van der Waals surface area contributed by atoms with Crippen molar-refractivity contribution in [2.24, 2.45) is 0 Å². The van der Waals surface area contributed by atoms with Crippen LogP contribution in [0, 0.1) is 6.92 Å². The third-order valence-corrected chi connectivity index (χ3v) is 5.21. The molecule has 1 aromatic heterocycles. The molecule has 4 aromatic carbocycles. The molecule has 0 aliphatic rings. The van der Waals surface area contributed by atoms with E-state index >= 15 is 0 Å². The topological polar surface area (TPSA) is 4.93 Å². The number of fused-ring (bicyclic) bond motifs is 3. The van der Waals surface area contributed by atoms with Crippen LogP contribution >= 0.6 is 0 Å². The van der Waals surface area contributed by atoms with Crippen LogP contribution in [-0.2, 0) is 0 Å². The zero-order valence-electron chi connectivity index (χ0n) is 15.2. The summed E-state index contributed by atoms with van der Waals surface area (Å²) in [7, 11) is 6.30. The third-order valence-electron chi connectivity index (χ3n) is 5.21. The van der Waals surface area contributed by atoms with Gasteiger partial charge in [-0.25, -0.2) is 0 Å². The molecular formula is C25H18BN. The van der Waals surface area contributed by atoms with Gasteiger partial charge in [-0.15, -0.1) is 0 Å². The summed E-state index contributed by atoms with van der Waals surface area (Å²) in [5.41, 5.74) is 7.82. The van der Waals surface area contributed by atoms with E-state index < -0.39 is 0 Å². The maximum absolute atomic E-state index is 6.30. The molecule has 2 heteroatoms. The fourth-order valence-electron chi connectivity index (χ4n) is 3.94. The molecule has 0 saturated heterocycles. The fourth-order valence-corrected chi connectivity index (χ4v) is 3.94. The smallest absolute Gasteiger partial charge is 0.114 e. The Morgan fingerprint density at radius 2 is 1.41 bits per heavy atom. The summed E-state index contributed by atoms with van der Waals surface area (Å²) in [5.74, 6) is 0. The summed E-state index contributed by atoms with van der Waals surface area (Å²) in [6.45, 7) is 2.07. The summed E-state index contributed by atoms with van der Waals surface area (Å²) >= 11 is 0. The van der Waals surface area contributed by atoms with Gasteiger partial charge >= 0.3 is 0 Å². The summed E-state index contributed by atoms with van der Waals surface area (Å²) in [6, 6.07) is 32.0. The molecule has 0 aliphatic heterocycles. The highest BCUT2D eigenvalue weighted by atomic mass is 15.0. The van der Waals surface area contributed by atoms with Crippen molar-refractivity contribution >= 4 is 35.1 Å². The van der Waals surface area contributed by atoms with Crippen molar-refractivity contribution < 1.29 is 0 Å². The number of aryl methyl sites for hydroxylation is 1. The maximum atomic E-state index is 6.30. The number of benzene rings is 4. The Labute approximate surface area is 160 Å². The van der Waals surface area contributed by atoms with Crippen LogP contribution in [0.25, 0.3) is 38.6 Å². The van der Waals surface area contributed by atoms with Gasteiger partial charge in [0.25, 0.3) is 0 Å². The van der Waals surface area contributed by atoms with Crippen LogP contribution in [0.1, 0.15) is 5.56 Å². The molecule has 126 valence electrons. The van der Waals surface area contributed by atoms with Crippen LogP contribution in [0.15, 0.2) is 91.0 Å². The molecule has 27 heavy (non-hydrogen) atoms. The highest BCUT2D eigenvalue weighted by Gasteiger charge is 2.13. The van der Waals surface area contributed by atoms with E-state index in [0.717, 1.165) is 16.6 Å². The molecule has 0 amide bonds. The van der Waals surface area contributed by atoms with Crippen LogP contribution in [-0.4, -0.2) is 12.4 Å². The lowest BCUT2D eigenvalue weighted by Gasteiger charge is -2.10. The molecule has 5 aromatic rings. The Hall–Kier alpha value is -3.26. The van der Waals surface area contributed by atoms with E-state index in [2.05, 4.69) is 96.4 Å². The summed E-state index contributed by atoms with van der Waals surface area (Å²) in [4.78, 5) is 0. The molecule has 0 aliphatic carbocycles. The molecule has 0 bridgehead atoms. The van der Waals surface area contributed by atoms with Gasteiger partial charge in [0.05, 0.1) is 11.0 Å². The number of para-hydroxylation sites is 2. The van der Waals surface area contributed by atoms with E-state index in [-0.39, 0.29) is 0 Å². The highest BCUT2D eigenvalue weighted by Crippen LogP contribution is 2.34. The lowest BCUT2D eigenvalue weighted by Crippen LogP contribution is -2.06. The van der Waals surface area contributed by atoms with Crippen LogP contribution in [0.2, 0.25) is 0 Å². The summed E-state index contributed by atoms with van der Waals surface area (Å²) in [6.07, 6.45) is 0.